The molecule has 0 aliphatic carbocycles. The molecule has 0 unspecified atom stereocenters. The number of ether oxygens (including phenoxy) is 1. The third kappa shape index (κ3) is 8.83. The predicted molar refractivity (Wildman–Crippen MR) is 262 cm³/mol. The van der Waals surface area contributed by atoms with Crippen molar-refractivity contribution in [2.75, 3.05) is 7.11 Å². The van der Waals surface area contributed by atoms with Gasteiger partial charge in [-0.25, -0.2) is 9.97 Å². The van der Waals surface area contributed by atoms with E-state index in [1.54, 1.807) is 7.11 Å². The van der Waals surface area contributed by atoms with Crippen molar-refractivity contribution in [3.05, 3.63) is 235 Å². The minimum Gasteiger partial charge on any atom is -0.496 e. The summed E-state index contributed by atoms with van der Waals surface area (Å²) in [6.07, 6.45) is 7.38. The highest BCUT2D eigenvalue weighted by atomic mass is 16.5. The summed E-state index contributed by atoms with van der Waals surface area (Å²) in [6.45, 7) is 0. The normalized spacial score (nSPS) is 11.1. The van der Waals surface area contributed by atoms with Crippen LogP contribution in [0.1, 0.15) is 22.3 Å². The van der Waals surface area contributed by atoms with Gasteiger partial charge in [0.25, 0.3) is 0 Å². The van der Waals surface area contributed by atoms with Crippen LogP contribution in [0.3, 0.4) is 0 Å². The van der Waals surface area contributed by atoms with Crippen LogP contribution in [-0.4, -0.2) is 27.0 Å². The van der Waals surface area contributed by atoms with Crippen molar-refractivity contribution in [1.82, 2.24) is 19.9 Å². The Hall–Kier alpha value is -8.02. The van der Waals surface area contributed by atoms with E-state index in [1.807, 2.05) is 79.1 Å². The second-order valence-electron chi connectivity index (χ2n) is 16.1. The van der Waals surface area contributed by atoms with Gasteiger partial charge in [0.15, 0.2) is 0 Å². The Balaban J connectivity index is 0.991. The molecule has 0 N–H and O–H groups in total. The second-order valence-corrected chi connectivity index (χ2v) is 16.1. The molecule has 10 aromatic rings. The third-order valence-corrected chi connectivity index (χ3v) is 11.9. The van der Waals surface area contributed by atoms with E-state index in [0.717, 1.165) is 104 Å². The molecule has 5 nitrogen and oxygen atoms in total. The van der Waals surface area contributed by atoms with Gasteiger partial charge < -0.3 is 4.74 Å². The smallest absolute Gasteiger partial charge is 0.127 e. The Morgan fingerprint density at radius 3 is 1.38 bits per heavy atom. The molecule has 0 aliphatic rings. The maximum Gasteiger partial charge on any atom is 0.127 e. The summed E-state index contributed by atoms with van der Waals surface area (Å²) < 4.78 is 6.23. The van der Waals surface area contributed by atoms with Gasteiger partial charge in [0.05, 0.1) is 40.9 Å². The number of methoxy groups -OCH3 is 1. The van der Waals surface area contributed by atoms with Crippen LogP contribution in [0.4, 0.5) is 0 Å². The number of fused-ring (bicyclic) bond motifs is 1. The Bertz CT molecular complexity index is 3060. The molecule has 3 heterocycles. The standard InChI is InChI=1S/C59H46N4O/c1-64-57-40-48(59-58(47-13-3-2-4-14-47)62-55-19-7-8-20-56(55)63-59)33-34-52(57)51-16-6-5-15-50(51)49-38-43(23-21-41-25-29-45(30-26-41)53-17-9-11-35-60-53)37-44(39-49)24-22-42-27-31-46(32-28-42)54-18-10-12-36-61-54/h2-20,25-40H,21-24H2,1H3. The lowest BCUT2D eigenvalue weighted by atomic mass is 9.89. The number of hydrogen-bond acceptors (Lipinski definition) is 5. The average molecular weight is 827 g/mol. The molecule has 0 saturated heterocycles. The predicted octanol–water partition coefficient (Wildman–Crippen LogP) is 14.0. The van der Waals surface area contributed by atoms with Crippen LogP contribution in [0.15, 0.2) is 213 Å². The highest BCUT2D eigenvalue weighted by Crippen LogP contribution is 2.41. The molecule has 308 valence electrons. The lowest BCUT2D eigenvalue weighted by Gasteiger charge is -2.17. The van der Waals surface area contributed by atoms with Crippen LogP contribution in [-0.2, 0) is 25.7 Å². The highest BCUT2D eigenvalue weighted by Gasteiger charge is 2.18. The zero-order chi connectivity index (χ0) is 43.1. The van der Waals surface area contributed by atoms with Gasteiger partial charge in [0.1, 0.15) is 5.75 Å². The van der Waals surface area contributed by atoms with Gasteiger partial charge in [-0.15, -0.1) is 0 Å². The zero-order valence-corrected chi connectivity index (χ0v) is 35.7. The molecule has 64 heavy (non-hydrogen) atoms. The van der Waals surface area contributed by atoms with Crippen molar-refractivity contribution in [2.45, 2.75) is 25.7 Å². The molecule has 0 atom stereocenters. The third-order valence-electron chi connectivity index (χ3n) is 11.9. The minimum absolute atomic E-state index is 0.776. The summed E-state index contributed by atoms with van der Waals surface area (Å²) in [4.78, 5) is 19.4. The first-order valence-corrected chi connectivity index (χ1v) is 21.9. The first-order valence-electron chi connectivity index (χ1n) is 21.9. The zero-order valence-electron chi connectivity index (χ0n) is 35.7. The van der Waals surface area contributed by atoms with Crippen molar-refractivity contribution in [3.8, 4) is 73.0 Å². The van der Waals surface area contributed by atoms with Gasteiger partial charge in [-0.1, -0.05) is 152 Å². The monoisotopic (exact) mass is 826 g/mol. The van der Waals surface area contributed by atoms with E-state index in [9.17, 15) is 0 Å². The number of benzene rings is 7. The SMILES string of the molecule is COc1cc(-c2nc3ccccc3nc2-c2ccccc2)ccc1-c1ccccc1-c1cc(CCc2ccc(-c3ccccn3)cc2)cc(CCc2ccc(-c3ccccn3)cc2)c1. The van der Waals surface area contributed by atoms with Crippen LogP contribution >= 0.6 is 0 Å². The van der Waals surface area contributed by atoms with Gasteiger partial charge in [0, 0.05) is 40.2 Å². The van der Waals surface area contributed by atoms with Crippen LogP contribution in [0.2, 0.25) is 0 Å². The summed E-state index contributed by atoms with van der Waals surface area (Å²) >= 11 is 0. The van der Waals surface area contributed by atoms with E-state index in [-0.39, 0.29) is 0 Å². The summed E-state index contributed by atoms with van der Waals surface area (Å²) in [5, 5.41) is 0. The number of para-hydroxylation sites is 2. The van der Waals surface area contributed by atoms with E-state index < -0.39 is 0 Å². The molecule has 0 fully saturated rings. The number of aromatic nitrogens is 4. The number of pyridine rings is 2. The lowest BCUT2D eigenvalue weighted by molar-refractivity contribution is 0.416. The Labute approximate surface area is 374 Å². The molecule has 0 saturated carbocycles. The van der Waals surface area contributed by atoms with Crippen molar-refractivity contribution in [2.24, 2.45) is 0 Å². The summed E-state index contributed by atoms with van der Waals surface area (Å²) in [5.74, 6) is 0.776. The van der Waals surface area contributed by atoms with E-state index in [2.05, 4.69) is 143 Å². The number of nitrogens with zero attached hydrogens (tertiary/aromatic N) is 4. The maximum absolute atomic E-state index is 6.23. The first-order chi connectivity index (χ1) is 31.6. The van der Waals surface area contributed by atoms with Gasteiger partial charge in [-0.2, -0.15) is 0 Å². The summed E-state index contributed by atoms with van der Waals surface area (Å²) in [6, 6.07) is 70.4. The molecule has 7 aromatic carbocycles. The van der Waals surface area contributed by atoms with Crippen molar-refractivity contribution < 1.29 is 4.74 Å². The first kappa shape index (κ1) is 40.1. The van der Waals surface area contributed by atoms with Crippen LogP contribution < -0.4 is 4.74 Å². The molecule has 0 amide bonds. The van der Waals surface area contributed by atoms with Crippen molar-refractivity contribution in [1.29, 1.82) is 0 Å². The van der Waals surface area contributed by atoms with E-state index >= 15 is 0 Å². The number of aryl methyl sites for hydroxylation is 4. The Morgan fingerprint density at radius 1 is 0.344 bits per heavy atom. The van der Waals surface area contributed by atoms with Crippen LogP contribution in [0, 0.1) is 0 Å². The van der Waals surface area contributed by atoms with Crippen molar-refractivity contribution in [3.63, 3.8) is 0 Å². The summed E-state index contributed by atoms with van der Waals surface area (Å²) in [5.41, 5.74) is 19.3. The second kappa shape index (κ2) is 18.5. The van der Waals surface area contributed by atoms with Gasteiger partial charge in [-0.05, 0) is 113 Å². The van der Waals surface area contributed by atoms with Crippen LogP contribution in [0.25, 0.3) is 78.3 Å². The van der Waals surface area contributed by atoms with Crippen molar-refractivity contribution >= 4 is 11.0 Å². The average Bonchev–Trinajstić information content (AvgIpc) is 3.38. The van der Waals surface area contributed by atoms with E-state index in [0.29, 0.717) is 0 Å². The summed E-state index contributed by atoms with van der Waals surface area (Å²) in [7, 11) is 1.75. The Morgan fingerprint density at radius 2 is 0.828 bits per heavy atom. The molecule has 10 rings (SSSR count). The quantitative estimate of drug-likeness (QED) is 0.116. The molecular formula is C59H46N4O. The molecular weight excluding hydrogens is 781 g/mol. The number of hydrogen-bond donors (Lipinski definition) is 0. The molecule has 0 bridgehead atoms. The fourth-order valence-electron chi connectivity index (χ4n) is 8.56. The molecule has 0 radical (unpaired) electrons. The van der Waals surface area contributed by atoms with Gasteiger partial charge in [-0.3, -0.25) is 9.97 Å². The van der Waals surface area contributed by atoms with E-state index in [4.69, 9.17) is 14.7 Å². The minimum atomic E-state index is 0.776. The van der Waals surface area contributed by atoms with Gasteiger partial charge in [0.2, 0.25) is 0 Å². The maximum atomic E-state index is 6.23. The number of rotatable bonds is 13. The fourth-order valence-corrected chi connectivity index (χ4v) is 8.56. The largest absolute Gasteiger partial charge is 0.496 e. The molecule has 5 heteroatoms. The molecule has 0 aliphatic heterocycles. The topological polar surface area (TPSA) is 60.8 Å². The molecule has 3 aromatic heterocycles. The highest BCUT2D eigenvalue weighted by molar-refractivity contribution is 5.90. The van der Waals surface area contributed by atoms with Gasteiger partial charge >= 0.3 is 0 Å². The van der Waals surface area contributed by atoms with Crippen LogP contribution in [0.5, 0.6) is 5.75 Å². The fraction of sp³-hybridized carbons (Fsp3) is 0.0847. The Kier molecular flexibility index (Phi) is 11.6. The van der Waals surface area contributed by atoms with E-state index in [1.165, 1.54) is 27.8 Å². The lowest BCUT2D eigenvalue weighted by Crippen LogP contribution is -1.99. The molecule has 0 spiro atoms.